The third-order valence-electron chi connectivity index (χ3n) is 3.84. The first-order valence-electron chi connectivity index (χ1n) is 8.59. The Bertz CT molecular complexity index is 899. The topological polar surface area (TPSA) is 47.6 Å². The van der Waals surface area contributed by atoms with E-state index in [1.54, 1.807) is 37.9 Å². The van der Waals surface area contributed by atoms with Gasteiger partial charge in [-0.2, -0.15) is 0 Å². The van der Waals surface area contributed by atoms with Gasteiger partial charge in [0.1, 0.15) is 11.5 Å². The van der Waals surface area contributed by atoms with Gasteiger partial charge in [0, 0.05) is 15.9 Å². The maximum atomic E-state index is 12.6. The van der Waals surface area contributed by atoms with Gasteiger partial charge in [-0.15, -0.1) is 0 Å². The van der Waals surface area contributed by atoms with Crippen LogP contribution in [0.5, 0.6) is 11.5 Å². The van der Waals surface area contributed by atoms with Crippen molar-refractivity contribution in [2.75, 3.05) is 12.4 Å². The highest BCUT2D eigenvalue weighted by Gasteiger charge is 2.17. The van der Waals surface area contributed by atoms with Crippen LogP contribution in [0.25, 0.3) is 0 Å². The Morgan fingerprint density at radius 2 is 1.63 bits per heavy atom. The highest BCUT2D eigenvalue weighted by Crippen LogP contribution is 2.33. The number of nitrogens with one attached hydrogen (secondary N) is 1. The molecule has 1 amide bonds. The molecule has 1 N–H and O–H groups in total. The van der Waals surface area contributed by atoms with Crippen LogP contribution in [0.2, 0.25) is 0 Å². The fourth-order valence-corrected chi connectivity index (χ4v) is 3.36. The van der Waals surface area contributed by atoms with Crippen LogP contribution in [0.4, 0.5) is 5.69 Å². The summed E-state index contributed by atoms with van der Waals surface area (Å²) in [5, 5.41) is 2.96. The standard InChI is InChI=1S/C22H21NO3S/c1-16(26-18-10-8-9-17(15-18)25-2)22(24)23-20-13-6-7-14-21(20)27-19-11-4-3-5-12-19/h3-16H,1-2H3,(H,23,24)/t16-/m0/s1. The van der Waals surface area contributed by atoms with Crippen LogP contribution >= 0.6 is 11.8 Å². The predicted octanol–water partition coefficient (Wildman–Crippen LogP) is 5.25. The first kappa shape index (κ1) is 18.9. The number of rotatable bonds is 7. The minimum absolute atomic E-state index is 0.209. The van der Waals surface area contributed by atoms with E-state index in [0.29, 0.717) is 11.5 Å². The molecule has 0 saturated carbocycles. The molecule has 5 heteroatoms. The van der Waals surface area contributed by atoms with Crippen LogP contribution in [-0.4, -0.2) is 19.1 Å². The van der Waals surface area contributed by atoms with E-state index >= 15 is 0 Å². The Labute approximate surface area is 163 Å². The summed E-state index contributed by atoms with van der Waals surface area (Å²) in [4.78, 5) is 14.7. The van der Waals surface area contributed by atoms with E-state index in [1.807, 2.05) is 66.7 Å². The summed E-state index contributed by atoms with van der Waals surface area (Å²) in [6, 6.07) is 25.0. The SMILES string of the molecule is COc1cccc(O[C@@H](C)C(=O)Nc2ccccc2Sc2ccccc2)c1. The normalized spacial score (nSPS) is 11.5. The molecule has 0 spiro atoms. The zero-order chi connectivity index (χ0) is 19.1. The van der Waals surface area contributed by atoms with E-state index in [9.17, 15) is 4.79 Å². The number of carbonyl (C=O) groups excluding carboxylic acids is 1. The van der Waals surface area contributed by atoms with Crippen LogP contribution < -0.4 is 14.8 Å². The van der Waals surface area contributed by atoms with Gasteiger partial charge in [0.25, 0.3) is 5.91 Å². The third-order valence-corrected chi connectivity index (χ3v) is 4.92. The lowest BCUT2D eigenvalue weighted by molar-refractivity contribution is -0.122. The van der Waals surface area contributed by atoms with Crippen molar-refractivity contribution in [2.45, 2.75) is 22.8 Å². The van der Waals surface area contributed by atoms with Gasteiger partial charge >= 0.3 is 0 Å². The first-order chi connectivity index (χ1) is 13.2. The smallest absolute Gasteiger partial charge is 0.265 e. The van der Waals surface area contributed by atoms with E-state index in [2.05, 4.69) is 5.32 Å². The molecule has 0 heterocycles. The second kappa shape index (κ2) is 9.14. The van der Waals surface area contributed by atoms with E-state index in [4.69, 9.17) is 9.47 Å². The minimum atomic E-state index is -0.646. The zero-order valence-electron chi connectivity index (χ0n) is 15.2. The number of benzene rings is 3. The fraction of sp³-hybridized carbons (Fsp3) is 0.136. The number of para-hydroxylation sites is 1. The molecule has 0 aliphatic carbocycles. The van der Waals surface area contributed by atoms with Gasteiger partial charge in [-0.25, -0.2) is 0 Å². The number of hydrogen-bond acceptors (Lipinski definition) is 4. The van der Waals surface area contributed by atoms with Crippen LogP contribution in [0.3, 0.4) is 0 Å². The van der Waals surface area contributed by atoms with Gasteiger partial charge in [0.15, 0.2) is 6.10 Å². The van der Waals surface area contributed by atoms with Crippen molar-refractivity contribution in [1.29, 1.82) is 0 Å². The van der Waals surface area contributed by atoms with Crippen molar-refractivity contribution >= 4 is 23.4 Å². The van der Waals surface area contributed by atoms with Crippen molar-refractivity contribution in [3.05, 3.63) is 78.9 Å². The van der Waals surface area contributed by atoms with E-state index in [1.165, 1.54) is 0 Å². The molecule has 3 rings (SSSR count). The average molecular weight is 379 g/mol. The Morgan fingerprint density at radius 1 is 0.926 bits per heavy atom. The van der Waals surface area contributed by atoms with Gasteiger partial charge in [-0.1, -0.05) is 48.2 Å². The molecule has 0 unspecified atom stereocenters. The van der Waals surface area contributed by atoms with E-state index < -0.39 is 6.10 Å². The lowest BCUT2D eigenvalue weighted by Crippen LogP contribution is -2.30. The minimum Gasteiger partial charge on any atom is -0.497 e. The van der Waals surface area contributed by atoms with Crippen molar-refractivity contribution in [1.82, 2.24) is 0 Å². The Kier molecular flexibility index (Phi) is 6.39. The number of amides is 1. The molecule has 0 bridgehead atoms. The molecule has 3 aromatic carbocycles. The van der Waals surface area contributed by atoms with Crippen LogP contribution in [0, 0.1) is 0 Å². The molecule has 0 aliphatic rings. The maximum Gasteiger partial charge on any atom is 0.265 e. The number of ether oxygens (including phenoxy) is 2. The monoisotopic (exact) mass is 379 g/mol. The lowest BCUT2D eigenvalue weighted by atomic mass is 10.3. The molecule has 138 valence electrons. The number of hydrogen-bond donors (Lipinski definition) is 1. The van der Waals surface area contributed by atoms with Gasteiger partial charge in [0.05, 0.1) is 12.8 Å². The van der Waals surface area contributed by atoms with Crippen molar-refractivity contribution in [2.24, 2.45) is 0 Å². The molecule has 1 atom stereocenters. The molecule has 0 aromatic heterocycles. The summed E-state index contributed by atoms with van der Waals surface area (Å²) in [5.41, 5.74) is 0.762. The van der Waals surface area contributed by atoms with Crippen molar-refractivity contribution in [3.8, 4) is 11.5 Å². The van der Waals surface area contributed by atoms with Gasteiger partial charge in [-0.3, -0.25) is 4.79 Å². The highest BCUT2D eigenvalue weighted by molar-refractivity contribution is 7.99. The fourth-order valence-electron chi connectivity index (χ4n) is 2.44. The summed E-state index contributed by atoms with van der Waals surface area (Å²) in [7, 11) is 1.59. The van der Waals surface area contributed by atoms with E-state index in [-0.39, 0.29) is 5.91 Å². The maximum absolute atomic E-state index is 12.6. The van der Waals surface area contributed by atoms with Gasteiger partial charge < -0.3 is 14.8 Å². The van der Waals surface area contributed by atoms with Crippen LogP contribution in [-0.2, 0) is 4.79 Å². The number of carbonyl (C=O) groups is 1. The Hall–Kier alpha value is -2.92. The first-order valence-corrected chi connectivity index (χ1v) is 9.41. The summed E-state index contributed by atoms with van der Waals surface area (Å²) in [5.74, 6) is 1.06. The molecule has 0 fully saturated rings. The predicted molar refractivity (Wildman–Crippen MR) is 109 cm³/mol. The highest BCUT2D eigenvalue weighted by atomic mass is 32.2. The van der Waals surface area contributed by atoms with Crippen LogP contribution in [0.15, 0.2) is 88.7 Å². The lowest BCUT2D eigenvalue weighted by Gasteiger charge is -2.16. The molecular weight excluding hydrogens is 358 g/mol. The Balaban J connectivity index is 1.68. The molecule has 0 saturated heterocycles. The van der Waals surface area contributed by atoms with Crippen molar-refractivity contribution in [3.63, 3.8) is 0 Å². The second-order valence-corrected chi connectivity index (χ2v) is 6.95. The van der Waals surface area contributed by atoms with Gasteiger partial charge in [0.2, 0.25) is 0 Å². The largest absolute Gasteiger partial charge is 0.497 e. The molecule has 3 aromatic rings. The van der Waals surface area contributed by atoms with E-state index in [0.717, 1.165) is 15.5 Å². The third kappa shape index (κ3) is 5.28. The summed E-state index contributed by atoms with van der Waals surface area (Å²) in [6.07, 6.45) is -0.646. The molecular formula is C22H21NO3S. The average Bonchev–Trinajstić information content (AvgIpc) is 2.70. The van der Waals surface area contributed by atoms with Crippen molar-refractivity contribution < 1.29 is 14.3 Å². The Morgan fingerprint density at radius 3 is 2.41 bits per heavy atom. The summed E-state index contributed by atoms with van der Waals surface area (Å²) in [6.45, 7) is 1.72. The molecule has 4 nitrogen and oxygen atoms in total. The molecule has 0 radical (unpaired) electrons. The molecule has 0 aliphatic heterocycles. The second-order valence-electron chi connectivity index (χ2n) is 5.84. The number of methoxy groups -OCH3 is 1. The number of anilines is 1. The molecule has 27 heavy (non-hydrogen) atoms. The van der Waals surface area contributed by atoms with Crippen LogP contribution in [0.1, 0.15) is 6.92 Å². The quantitative estimate of drug-likeness (QED) is 0.609. The summed E-state index contributed by atoms with van der Waals surface area (Å²) >= 11 is 1.60. The summed E-state index contributed by atoms with van der Waals surface area (Å²) < 4.78 is 10.9. The van der Waals surface area contributed by atoms with Gasteiger partial charge in [-0.05, 0) is 43.3 Å². The zero-order valence-corrected chi connectivity index (χ0v) is 16.0.